The molecule has 2 rings (SSSR count). The first-order chi connectivity index (χ1) is 7.35. The summed E-state index contributed by atoms with van der Waals surface area (Å²) >= 11 is 0. The van der Waals surface area contributed by atoms with Gasteiger partial charge in [0.05, 0.1) is 0 Å². The highest BCUT2D eigenvalue weighted by atomic mass is 19.1. The van der Waals surface area contributed by atoms with Gasteiger partial charge in [0, 0.05) is 11.6 Å². The maximum atomic E-state index is 11.9. The number of benzene rings is 1. The SMILES string of the molecule is O/N=C1/COc2cc(OCCF)ccc21. The van der Waals surface area contributed by atoms with Crippen LogP contribution >= 0.6 is 0 Å². The molecule has 0 radical (unpaired) electrons. The van der Waals surface area contributed by atoms with Gasteiger partial charge in [-0.1, -0.05) is 5.16 Å². The molecule has 15 heavy (non-hydrogen) atoms. The first-order valence-corrected chi connectivity index (χ1v) is 4.52. The fraction of sp³-hybridized carbons (Fsp3) is 0.300. The molecule has 0 unspecified atom stereocenters. The number of alkyl halides is 1. The van der Waals surface area contributed by atoms with Gasteiger partial charge >= 0.3 is 0 Å². The first kappa shape index (κ1) is 9.76. The molecular weight excluding hydrogens is 201 g/mol. The molecule has 0 atom stereocenters. The molecule has 1 aliphatic rings. The van der Waals surface area contributed by atoms with Crippen LogP contribution in [0.3, 0.4) is 0 Å². The van der Waals surface area contributed by atoms with Crippen LogP contribution < -0.4 is 9.47 Å². The molecule has 80 valence electrons. The van der Waals surface area contributed by atoms with Crippen LogP contribution in [0.2, 0.25) is 0 Å². The van der Waals surface area contributed by atoms with Crippen molar-refractivity contribution in [2.45, 2.75) is 0 Å². The minimum absolute atomic E-state index is 0.0275. The summed E-state index contributed by atoms with van der Waals surface area (Å²) < 4.78 is 22.2. The zero-order valence-corrected chi connectivity index (χ0v) is 7.94. The number of ether oxygens (including phenoxy) is 2. The average Bonchev–Trinajstić information content (AvgIpc) is 2.68. The Labute approximate surface area is 85.9 Å². The van der Waals surface area contributed by atoms with Crippen LogP contribution in [0.4, 0.5) is 4.39 Å². The van der Waals surface area contributed by atoms with Gasteiger partial charge in [-0.15, -0.1) is 0 Å². The fourth-order valence-electron chi connectivity index (χ4n) is 1.41. The lowest BCUT2D eigenvalue weighted by Gasteiger charge is -2.04. The lowest BCUT2D eigenvalue weighted by atomic mass is 10.1. The van der Waals surface area contributed by atoms with E-state index in [-0.39, 0.29) is 13.2 Å². The zero-order valence-electron chi connectivity index (χ0n) is 7.94. The Kier molecular flexibility index (Phi) is 2.71. The number of oxime groups is 1. The molecule has 1 heterocycles. The second-order valence-corrected chi connectivity index (χ2v) is 3.03. The van der Waals surface area contributed by atoms with Crippen molar-refractivity contribution < 1.29 is 19.1 Å². The van der Waals surface area contributed by atoms with Gasteiger partial charge in [-0.05, 0) is 12.1 Å². The molecular formula is C10H10FNO3. The molecule has 1 aliphatic heterocycles. The second kappa shape index (κ2) is 4.16. The predicted molar refractivity (Wildman–Crippen MR) is 51.7 cm³/mol. The molecule has 0 aliphatic carbocycles. The van der Waals surface area contributed by atoms with Crippen molar-refractivity contribution in [1.82, 2.24) is 0 Å². The van der Waals surface area contributed by atoms with Crippen LogP contribution in [0.5, 0.6) is 11.5 Å². The van der Waals surface area contributed by atoms with Crippen LogP contribution in [0.25, 0.3) is 0 Å². The summed E-state index contributed by atoms with van der Waals surface area (Å²) in [4.78, 5) is 0. The van der Waals surface area contributed by atoms with Gasteiger partial charge in [0.15, 0.2) is 0 Å². The van der Waals surface area contributed by atoms with Gasteiger partial charge in [0.2, 0.25) is 0 Å². The van der Waals surface area contributed by atoms with Crippen molar-refractivity contribution in [2.75, 3.05) is 19.9 Å². The summed E-state index contributed by atoms with van der Waals surface area (Å²) in [6, 6.07) is 5.07. The molecule has 0 amide bonds. The number of rotatable bonds is 3. The third kappa shape index (κ3) is 1.86. The number of fused-ring (bicyclic) bond motifs is 1. The molecule has 5 heteroatoms. The Morgan fingerprint density at radius 1 is 1.53 bits per heavy atom. The van der Waals surface area contributed by atoms with E-state index in [4.69, 9.17) is 14.7 Å². The average molecular weight is 211 g/mol. The zero-order chi connectivity index (χ0) is 10.7. The largest absolute Gasteiger partial charge is 0.491 e. The summed E-state index contributed by atoms with van der Waals surface area (Å²) in [6.07, 6.45) is 0. The highest BCUT2D eigenvalue weighted by molar-refractivity contribution is 6.05. The maximum absolute atomic E-state index is 11.9. The summed E-state index contributed by atoms with van der Waals surface area (Å²) in [7, 11) is 0. The minimum atomic E-state index is -0.526. The van der Waals surface area contributed by atoms with Crippen LogP contribution in [-0.4, -0.2) is 30.8 Å². The second-order valence-electron chi connectivity index (χ2n) is 3.03. The summed E-state index contributed by atoms with van der Waals surface area (Å²) in [5, 5.41) is 11.8. The van der Waals surface area contributed by atoms with Crippen molar-refractivity contribution in [3.05, 3.63) is 23.8 Å². The number of nitrogens with zero attached hydrogens (tertiary/aromatic N) is 1. The molecule has 0 saturated carbocycles. The smallest absolute Gasteiger partial charge is 0.134 e. The van der Waals surface area contributed by atoms with E-state index in [0.717, 1.165) is 5.56 Å². The lowest BCUT2D eigenvalue weighted by Crippen LogP contribution is -2.01. The Balaban J connectivity index is 2.21. The van der Waals surface area contributed by atoms with E-state index in [2.05, 4.69) is 5.16 Å². The van der Waals surface area contributed by atoms with E-state index < -0.39 is 6.67 Å². The number of hydrogen-bond acceptors (Lipinski definition) is 4. The molecule has 1 N–H and O–H groups in total. The normalized spacial score (nSPS) is 16.2. The Morgan fingerprint density at radius 2 is 2.40 bits per heavy atom. The topological polar surface area (TPSA) is 51.1 Å². The molecule has 0 bridgehead atoms. The number of halogens is 1. The van der Waals surface area contributed by atoms with E-state index in [9.17, 15) is 4.39 Å². The third-order valence-corrected chi connectivity index (χ3v) is 2.09. The fourth-order valence-corrected chi connectivity index (χ4v) is 1.41. The van der Waals surface area contributed by atoms with E-state index in [1.54, 1.807) is 18.2 Å². The molecule has 4 nitrogen and oxygen atoms in total. The Hall–Kier alpha value is -1.78. The van der Waals surface area contributed by atoms with Crippen molar-refractivity contribution in [3.63, 3.8) is 0 Å². The van der Waals surface area contributed by atoms with Gasteiger partial charge in [-0.2, -0.15) is 0 Å². The van der Waals surface area contributed by atoms with Gasteiger partial charge in [-0.25, -0.2) is 4.39 Å². The van der Waals surface area contributed by atoms with Crippen molar-refractivity contribution in [1.29, 1.82) is 0 Å². The van der Waals surface area contributed by atoms with Crippen molar-refractivity contribution in [2.24, 2.45) is 5.16 Å². The number of hydrogen-bond donors (Lipinski definition) is 1. The van der Waals surface area contributed by atoms with Crippen molar-refractivity contribution >= 4 is 5.71 Å². The van der Waals surface area contributed by atoms with Gasteiger partial charge in [0.25, 0.3) is 0 Å². The van der Waals surface area contributed by atoms with Gasteiger partial charge in [-0.3, -0.25) is 0 Å². The minimum Gasteiger partial charge on any atom is -0.491 e. The van der Waals surface area contributed by atoms with Crippen molar-refractivity contribution in [3.8, 4) is 11.5 Å². The van der Waals surface area contributed by atoms with E-state index in [1.807, 2.05) is 0 Å². The highest BCUT2D eigenvalue weighted by Gasteiger charge is 2.20. The van der Waals surface area contributed by atoms with E-state index >= 15 is 0 Å². The Morgan fingerprint density at radius 3 is 3.13 bits per heavy atom. The summed E-state index contributed by atoms with van der Waals surface area (Å²) in [6.45, 7) is -0.251. The first-order valence-electron chi connectivity index (χ1n) is 4.52. The molecule has 0 fully saturated rings. The predicted octanol–water partition coefficient (Wildman–Crippen LogP) is 1.61. The summed E-state index contributed by atoms with van der Waals surface area (Å²) in [5.74, 6) is 1.14. The molecule has 0 saturated heterocycles. The quantitative estimate of drug-likeness (QED) is 0.610. The van der Waals surface area contributed by atoms with Crippen LogP contribution in [0.15, 0.2) is 23.4 Å². The van der Waals surface area contributed by atoms with E-state index in [1.165, 1.54) is 0 Å². The molecule has 1 aromatic rings. The maximum Gasteiger partial charge on any atom is 0.134 e. The van der Waals surface area contributed by atoms with E-state index in [0.29, 0.717) is 17.2 Å². The highest BCUT2D eigenvalue weighted by Crippen LogP contribution is 2.29. The lowest BCUT2D eigenvalue weighted by molar-refractivity contribution is 0.272. The monoisotopic (exact) mass is 211 g/mol. The van der Waals surface area contributed by atoms with Crippen LogP contribution in [0, 0.1) is 0 Å². The molecule has 0 aromatic heterocycles. The van der Waals surface area contributed by atoms with Gasteiger partial charge < -0.3 is 14.7 Å². The Bertz CT molecular complexity index is 392. The standard InChI is InChI=1S/C10H10FNO3/c11-3-4-14-7-1-2-8-9(12-13)6-15-10(8)5-7/h1-2,5,13H,3-4,6H2/b12-9-. The van der Waals surface area contributed by atoms with Crippen LogP contribution in [0.1, 0.15) is 5.56 Å². The third-order valence-electron chi connectivity index (χ3n) is 2.09. The summed E-state index contributed by atoms with van der Waals surface area (Å²) in [5.41, 5.74) is 1.23. The molecule has 1 aromatic carbocycles. The van der Waals surface area contributed by atoms with Gasteiger partial charge in [0.1, 0.15) is 37.1 Å². The van der Waals surface area contributed by atoms with Crippen LogP contribution in [-0.2, 0) is 0 Å². The molecule has 0 spiro atoms.